The Bertz CT molecular complexity index is 970. The topological polar surface area (TPSA) is 167 Å². The van der Waals surface area contributed by atoms with E-state index in [2.05, 4.69) is 14.7 Å². The van der Waals surface area contributed by atoms with Gasteiger partial charge in [0.1, 0.15) is 22.1 Å². The molecule has 0 aliphatic carbocycles. The number of sulfonamides is 1. The molecule has 10 nitrogen and oxygen atoms in total. The minimum Gasteiger partial charge on any atom is -0.495 e. The molecule has 27 heavy (non-hydrogen) atoms. The van der Waals surface area contributed by atoms with Crippen molar-refractivity contribution in [2.45, 2.75) is 4.90 Å². The number of anilines is 1. The Labute approximate surface area is 156 Å². The number of para-hydroxylation sites is 1. The molecular weight excluding hydrogens is 372 g/mol. The summed E-state index contributed by atoms with van der Waals surface area (Å²) in [5.74, 6) is -0.324. The van der Waals surface area contributed by atoms with Crippen LogP contribution in [-0.4, -0.2) is 34.6 Å². The van der Waals surface area contributed by atoms with E-state index in [4.69, 9.17) is 26.7 Å². The molecule has 0 saturated carbocycles. The number of nitrogens with zero attached hydrogens (tertiary/aromatic N) is 2. The second-order valence-corrected chi connectivity index (χ2v) is 6.80. The maximum atomic E-state index is 12.8. The Morgan fingerprint density at radius 3 is 2.19 bits per heavy atom. The summed E-state index contributed by atoms with van der Waals surface area (Å²) in [4.78, 5) is 7.48. The molecule has 0 aliphatic rings. The fourth-order valence-electron chi connectivity index (χ4n) is 2.15. The highest BCUT2D eigenvalue weighted by atomic mass is 32.2. The summed E-state index contributed by atoms with van der Waals surface area (Å²) in [6.07, 6.45) is 0. The van der Waals surface area contributed by atoms with Gasteiger partial charge in [0.05, 0.1) is 14.2 Å². The van der Waals surface area contributed by atoms with Crippen LogP contribution in [0.25, 0.3) is 0 Å². The number of hydrogen-bond acceptors (Lipinski definition) is 5. The molecule has 144 valence electrons. The number of nitrogens with two attached hydrogens (primary N) is 3. The quantitative estimate of drug-likeness (QED) is 0.415. The molecular formula is C16H20N6O4S. The molecule has 0 amide bonds. The molecule has 0 radical (unpaired) electrons. The maximum absolute atomic E-state index is 12.8. The number of methoxy groups -OCH3 is 2. The third-order valence-electron chi connectivity index (χ3n) is 3.26. The van der Waals surface area contributed by atoms with E-state index in [9.17, 15) is 8.42 Å². The zero-order valence-corrected chi connectivity index (χ0v) is 15.5. The zero-order chi connectivity index (χ0) is 20.0. The van der Waals surface area contributed by atoms with Crippen LogP contribution in [0.1, 0.15) is 0 Å². The SMILES string of the molecule is COc1cc(S(=O)(=O)Nc2ccccc2)c(OC)cc1N=C(N)N=C(N)N. The summed E-state index contributed by atoms with van der Waals surface area (Å²) in [5.41, 5.74) is 16.7. The zero-order valence-electron chi connectivity index (χ0n) is 14.7. The van der Waals surface area contributed by atoms with Crippen LogP contribution in [0.5, 0.6) is 11.5 Å². The third-order valence-corrected chi connectivity index (χ3v) is 4.66. The minimum absolute atomic E-state index is 0.0375. The third kappa shape index (κ3) is 5.01. The van der Waals surface area contributed by atoms with Crippen molar-refractivity contribution < 1.29 is 17.9 Å². The van der Waals surface area contributed by atoms with Gasteiger partial charge in [0.25, 0.3) is 10.0 Å². The molecule has 0 fully saturated rings. The Hall–Kier alpha value is -3.47. The first-order valence-corrected chi connectivity index (χ1v) is 9.03. The predicted molar refractivity (Wildman–Crippen MR) is 104 cm³/mol. The van der Waals surface area contributed by atoms with Crippen LogP contribution in [-0.2, 0) is 10.0 Å². The number of nitrogens with one attached hydrogen (secondary N) is 1. The van der Waals surface area contributed by atoms with E-state index in [0.29, 0.717) is 5.69 Å². The Kier molecular flexibility index (Phi) is 6.08. The van der Waals surface area contributed by atoms with Crippen molar-refractivity contribution in [2.75, 3.05) is 18.9 Å². The number of ether oxygens (including phenoxy) is 2. The summed E-state index contributed by atoms with van der Waals surface area (Å²) in [7, 11) is -1.27. The average molecular weight is 392 g/mol. The van der Waals surface area contributed by atoms with Crippen molar-refractivity contribution in [3.63, 3.8) is 0 Å². The fraction of sp³-hybridized carbons (Fsp3) is 0.125. The lowest BCUT2D eigenvalue weighted by molar-refractivity contribution is 0.393. The Balaban J connectivity index is 2.53. The van der Waals surface area contributed by atoms with Gasteiger partial charge in [-0.05, 0) is 12.1 Å². The van der Waals surface area contributed by atoms with Gasteiger partial charge < -0.3 is 26.7 Å². The predicted octanol–water partition coefficient (Wildman–Crippen LogP) is 0.724. The maximum Gasteiger partial charge on any atom is 0.265 e. The number of benzene rings is 2. The van der Waals surface area contributed by atoms with Crippen molar-refractivity contribution in [1.82, 2.24) is 0 Å². The molecule has 0 aliphatic heterocycles. The molecule has 0 saturated heterocycles. The molecule has 0 unspecified atom stereocenters. The van der Waals surface area contributed by atoms with Gasteiger partial charge in [0.2, 0.25) is 5.96 Å². The standard InChI is InChI=1S/C16H20N6O4S/c1-25-12-9-14(27(23,24)22-10-6-4-3-5-7-10)13(26-2)8-11(12)20-16(19)21-15(17)18/h3-9,22H,1-2H3,(H6,17,18,19,20,21). The largest absolute Gasteiger partial charge is 0.495 e. The van der Waals surface area contributed by atoms with E-state index in [0.717, 1.165) is 0 Å². The van der Waals surface area contributed by atoms with E-state index in [1.54, 1.807) is 30.3 Å². The van der Waals surface area contributed by atoms with E-state index >= 15 is 0 Å². The summed E-state index contributed by atoms with van der Waals surface area (Å²) >= 11 is 0. The van der Waals surface area contributed by atoms with E-state index < -0.39 is 10.0 Å². The highest BCUT2D eigenvalue weighted by Gasteiger charge is 2.23. The van der Waals surface area contributed by atoms with Crippen LogP contribution < -0.4 is 31.4 Å². The van der Waals surface area contributed by atoms with E-state index in [-0.39, 0.29) is 34.0 Å². The van der Waals surface area contributed by atoms with Gasteiger partial charge in [-0.15, -0.1) is 0 Å². The molecule has 2 rings (SSSR count). The number of hydrogen-bond donors (Lipinski definition) is 4. The molecule has 0 spiro atoms. The first kappa shape index (κ1) is 19.8. The first-order chi connectivity index (χ1) is 12.8. The molecule has 7 N–H and O–H groups in total. The minimum atomic E-state index is -3.96. The van der Waals surface area contributed by atoms with Gasteiger partial charge in [-0.3, -0.25) is 4.72 Å². The van der Waals surface area contributed by atoms with Crippen molar-refractivity contribution >= 4 is 33.3 Å². The normalized spacial score (nSPS) is 11.6. The molecule has 2 aromatic carbocycles. The van der Waals surface area contributed by atoms with Crippen molar-refractivity contribution in [3.8, 4) is 11.5 Å². The van der Waals surface area contributed by atoms with Gasteiger partial charge in [-0.25, -0.2) is 13.4 Å². The van der Waals surface area contributed by atoms with Crippen molar-refractivity contribution in [2.24, 2.45) is 27.2 Å². The van der Waals surface area contributed by atoms with Crippen LogP contribution >= 0.6 is 0 Å². The molecule has 0 aromatic heterocycles. The van der Waals surface area contributed by atoms with Gasteiger partial charge in [-0.2, -0.15) is 4.99 Å². The Morgan fingerprint density at radius 2 is 1.63 bits per heavy atom. The lowest BCUT2D eigenvalue weighted by Crippen LogP contribution is -2.26. The second kappa shape index (κ2) is 8.27. The molecule has 0 heterocycles. The molecule has 0 atom stereocenters. The summed E-state index contributed by atoms with van der Waals surface area (Å²) in [6.45, 7) is 0. The molecule has 11 heteroatoms. The average Bonchev–Trinajstić information content (AvgIpc) is 2.60. The van der Waals surface area contributed by atoms with Gasteiger partial charge in [0, 0.05) is 17.8 Å². The van der Waals surface area contributed by atoms with Crippen LogP contribution in [0.2, 0.25) is 0 Å². The second-order valence-electron chi connectivity index (χ2n) is 5.15. The molecule has 2 aromatic rings. The lowest BCUT2D eigenvalue weighted by Gasteiger charge is -2.14. The fourth-order valence-corrected chi connectivity index (χ4v) is 3.37. The number of guanidine groups is 2. The summed E-state index contributed by atoms with van der Waals surface area (Å²) in [6, 6.07) is 11.1. The van der Waals surface area contributed by atoms with E-state index in [1.807, 2.05) is 0 Å². The smallest absolute Gasteiger partial charge is 0.265 e. The van der Waals surface area contributed by atoms with Crippen LogP contribution in [0.4, 0.5) is 11.4 Å². The first-order valence-electron chi connectivity index (χ1n) is 7.54. The van der Waals surface area contributed by atoms with Crippen LogP contribution in [0, 0.1) is 0 Å². The highest BCUT2D eigenvalue weighted by Crippen LogP contribution is 2.38. The van der Waals surface area contributed by atoms with Gasteiger partial charge in [0.15, 0.2) is 5.96 Å². The lowest BCUT2D eigenvalue weighted by atomic mass is 10.2. The van der Waals surface area contributed by atoms with Crippen molar-refractivity contribution in [1.29, 1.82) is 0 Å². The Morgan fingerprint density at radius 1 is 1.00 bits per heavy atom. The summed E-state index contributed by atoms with van der Waals surface area (Å²) in [5, 5.41) is 0. The van der Waals surface area contributed by atoms with Crippen LogP contribution in [0.15, 0.2) is 57.3 Å². The number of aliphatic imine (C=N–C) groups is 2. The van der Waals surface area contributed by atoms with Crippen molar-refractivity contribution in [3.05, 3.63) is 42.5 Å². The number of rotatable bonds is 6. The van der Waals surface area contributed by atoms with Crippen LogP contribution in [0.3, 0.4) is 0 Å². The monoisotopic (exact) mass is 392 g/mol. The molecule has 0 bridgehead atoms. The van der Waals surface area contributed by atoms with Gasteiger partial charge >= 0.3 is 0 Å². The summed E-state index contributed by atoms with van der Waals surface area (Å²) < 4.78 is 38.4. The van der Waals surface area contributed by atoms with E-state index in [1.165, 1.54) is 26.4 Å². The van der Waals surface area contributed by atoms with Gasteiger partial charge in [-0.1, -0.05) is 18.2 Å². The highest BCUT2D eigenvalue weighted by molar-refractivity contribution is 7.92.